The Kier molecular flexibility index (Phi) is 8.55. The number of fused-ring (bicyclic) bond motifs is 2. The standard InChI is InChI=1S/C31H39Cl3N2O4/c1-19-25(15-36-18-30(4)14-24(36)13-29(2,3)17-30)39-27(40-26(19)21-7-5-20(16-37)6-8-21)22-9-11-23(12-10-22)35-28(38)31(32,33)34/h5-12,19,24-27,37H,13-18H2,1-4H3,(H,35,38)/t19-,24?,25+,26+,27+,30?/m1/s1. The molecule has 2 aromatic rings. The Bertz CT molecular complexity index is 1200. The van der Waals surface area contributed by atoms with Crippen LogP contribution in [-0.2, 0) is 20.9 Å². The van der Waals surface area contributed by atoms with Crippen molar-refractivity contribution in [3.05, 3.63) is 65.2 Å². The van der Waals surface area contributed by atoms with E-state index in [-0.39, 0.29) is 24.7 Å². The predicted octanol–water partition coefficient (Wildman–Crippen LogP) is 7.18. The number of carbonyl (C=O) groups is 1. The van der Waals surface area contributed by atoms with Gasteiger partial charge in [-0.05, 0) is 53.4 Å². The molecule has 0 aromatic heterocycles. The average Bonchev–Trinajstić information content (AvgIpc) is 3.12. The SMILES string of the molecule is C[C@@H]1[C@H](CN2CC3(C)CC2CC(C)(C)C3)O[C@H](c2ccc(NC(=O)C(Cl)(Cl)Cl)cc2)O[C@@H]1c1ccc(CO)cc1. The van der Waals surface area contributed by atoms with Gasteiger partial charge < -0.3 is 19.9 Å². The number of ether oxygens (including phenoxy) is 2. The minimum Gasteiger partial charge on any atom is -0.392 e. The molecule has 1 amide bonds. The van der Waals surface area contributed by atoms with E-state index in [1.54, 1.807) is 12.1 Å². The molecule has 5 rings (SSSR count). The second kappa shape index (κ2) is 11.4. The Balaban J connectivity index is 1.38. The maximum Gasteiger partial charge on any atom is 0.276 e. The molecule has 2 bridgehead atoms. The van der Waals surface area contributed by atoms with Crippen LogP contribution in [0.25, 0.3) is 0 Å². The zero-order valence-corrected chi connectivity index (χ0v) is 25.8. The van der Waals surface area contributed by atoms with E-state index in [1.807, 2.05) is 36.4 Å². The topological polar surface area (TPSA) is 71.0 Å². The van der Waals surface area contributed by atoms with Crippen molar-refractivity contribution >= 4 is 46.4 Å². The van der Waals surface area contributed by atoms with E-state index in [9.17, 15) is 9.90 Å². The highest BCUT2D eigenvalue weighted by atomic mass is 35.6. The number of likely N-dealkylation sites (tertiary alicyclic amines) is 1. The van der Waals surface area contributed by atoms with E-state index < -0.39 is 16.0 Å². The van der Waals surface area contributed by atoms with Crippen molar-refractivity contribution in [2.75, 3.05) is 18.4 Å². The first-order chi connectivity index (χ1) is 18.7. The van der Waals surface area contributed by atoms with Gasteiger partial charge in [0.15, 0.2) is 6.29 Å². The Hall–Kier alpha value is -1.38. The first-order valence-electron chi connectivity index (χ1n) is 14.0. The van der Waals surface area contributed by atoms with Gasteiger partial charge in [0, 0.05) is 36.3 Å². The van der Waals surface area contributed by atoms with Crippen molar-refractivity contribution in [2.45, 2.75) is 81.9 Å². The molecule has 0 radical (unpaired) electrons. The fourth-order valence-electron chi connectivity index (χ4n) is 7.27. The van der Waals surface area contributed by atoms with E-state index in [0.717, 1.165) is 29.8 Å². The van der Waals surface area contributed by atoms with Gasteiger partial charge in [0.25, 0.3) is 9.70 Å². The molecule has 1 aliphatic carbocycles. The molecule has 9 heteroatoms. The second-order valence-electron chi connectivity index (χ2n) is 13.0. The molecule has 6 nitrogen and oxygen atoms in total. The third kappa shape index (κ3) is 6.64. The van der Waals surface area contributed by atoms with E-state index in [1.165, 1.54) is 19.3 Å². The van der Waals surface area contributed by atoms with Crippen LogP contribution < -0.4 is 5.32 Å². The molecule has 6 atom stereocenters. The molecule has 0 spiro atoms. The fourth-order valence-corrected chi connectivity index (χ4v) is 7.42. The molecular formula is C31H39Cl3N2O4. The molecular weight excluding hydrogens is 571 g/mol. The number of rotatable bonds is 6. The van der Waals surface area contributed by atoms with Crippen LogP contribution >= 0.6 is 34.8 Å². The van der Waals surface area contributed by atoms with Crippen molar-refractivity contribution in [3.8, 4) is 0 Å². The van der Waals surface area contributed by atoms with Gasteiger partial charge in [-0.15, -0.1) is 0 Å². The lowest BCUT2D eigenvalue weighted by atomic mass is 9.65. The normalized spacial score (nSPS) is 32.1. The summed E-state index contributed by atoms with van der Waals surface area (Å²) >= 11 is 17.1. The lowest BCUT2D eigenvalue weighted by Crippen LogP contribution is -2.46. The van der Waals surface area contributed by atoms with E-state index in [2.05, 4.69) is 37.9 Å². The molecule has 1 saturated carbocycles. The second-order valence-corrected chi connectivity index (χ2v) is 15.3. The lowest BCUT2D eigenvalue weighted by molar-refractivity contribution is -0.276. The number of nitrogens with zero attached hydrogens (tertiary/aromatic N) is 1. The quantitative estimate of drug-likeness (QED) is 0.340. The molecule has 2 aliphatic heterocycles. The molecule has 40 heavy (non-hydrogen) atoms. The molecule has 2 heterocycles. The fraction of sp³-hybridized carbons (Fsp3) is 0.581. The Labute approximate surface area is 252 Å². The van der Waals surface area contributed by atoms with Crippen molar-refractivity contribution in [2.24, 2.45) is 16.7 Å². The van der Waals surface area contributed by atoms with Gasteiger partial charge in [0.05, 0.1) is 18.8 Å². The largest absolute Gasteiger partial charge is 0.392 e. The summed E-state index contributed by atoms with van der Waals surface area (Å²) in [5.74, 6) is -0.608. The predicted molar refractivity (Wildman–Crippen MR) is 159 cm³/mol. The molecule has 2 aromatic carbocycles. The maximum atomic E-state index is 12.1. The minimum atomic E-state index is -2.05. The van der Waals surface area contributed by atoms with Crippen LogP contribution in [-0.4, -0.2) is 44.9 Å². The number of anilines is 1. The summed E-state index contributed by atoms with van der Waals surface area (Å²) in [7, 11) is 0. The van der Waals surface area contributed by atoms with Gasteiger partial charge in [-0.25, -0.2) is 0 Å². The third-order valence-electron chi connectivity index (χ3n) is 8.76. The number of hydrogen-bond donors (Lipinski definition) is 2. The lowest BCUT2D eigenvalue weighted by Gasteiger charge is -2.43. The van der Waals surface area contributed by atoms with Crippen LogP contribution in [0, 0.1) is 16.7 Å². The zero-order valence-electron chi connectivity index (χ0n) is 23.5. The number of aliphatic hydroxyl groups excluding tert-OH is 1. The van der Waals surface area contributed by atoms with E-state index in [0.29, 0.717) is 22.6 Å². The zero-order chi connectivity index (χ0) is 28.9. The number of benzene rings is 2. The van der Waals surface area contributed by atoms with Crippen LogP contribution in [0.5, 0.6) is 0 Å². The van der Waals surface area contributed by atoms with E-state index >= 15 is 0 Å². The summed E-state index contributed by atoms with van der Waals surface area (Å²) in [4.78, 5) is 14.7. The molecule has 2 saturated heterocycles. The highest BCUT2D eigenvalue weighted by Crippen LogP contribution is 2.53. The maximum absolute atomic E-state index is 12.1. The van der Waals surface area contributed by atoms with Crippen molar-refractivity contribution < 1.29 is 19.4 Å². The highest BCUT2D eigenvalue weighted by Gasteiger charge is 2.51. The Morgan fingerprint density at radius 2 is 1.68 bits per heavy atom. The third-order valence-corrected chi connectivity index (χ3v) is 9.27. The smallest absolute Gasteiger partial charge is 0.276 e. The number of halogens is 3. The summed E-state index contributed by atoms with van der Waals surface area (Å²) in [5, 5.41) is 12.1. The number of amides is 1. The molecule has 218 valence electrons. The van der Waals surface area contributed by atoms with Gasteiger partial charge in [0.1, 0.15) is 0 Å². The summed E-state index contributed by atoms with van der Waals surface area (Å²) in [6.07, 6.45) is 2.88. The molecule has 3 aliphatic rings. The van der Waals surface area contributed by atoms with Crippen molar-refractivity contribution in [3.63, 3.8) is 0 Å². The first-order valence-corrected chi connectivity index (χ1v) is 15.1. The van der Waals surface area contributed by atoms with Crippen LogP contribution in [0.4, 0.5) is 5.69 Å². The first kappa shape index (κ1) is 30.1. The Morgan fingerprint density at radius 3 is 2.30 bits per heavy atom. The van der Waals surface area contributed by atoms with Gasteiger partial charge in [-0.2, -0.15) is 0 Å². The van der Waals surface area contributed by atoms with Gasteiger partial charge in [-0.3, -0.25) is 9.69 Å². The summed E-state index contributed by atoms with van der Waals surface area (Å²) in [6, 6.07) is 15.8. The Morgan fingerprint density at radius 1 is 1.02 bits per heavy atom. The van der Waals surface area contributed by atoms with Crippen LogP contribution in [0.15, 0.2) is 48.5 Å². The van der Waals surface area contributed by atoms with Crippen molar-refractivity contribution in [1.29, 1.82) is 0 Å². The molecule has 3 fully saturated rings. The number of nitrogens with one attached hydrogen (secondary N) is 1. The van der Waals surface area contributed by atoms with Gasteiger partial charge >= 0.3 is 0 Å². The average molecular weight is 610 g/mol. The van der Waals surface area contributed by atoms with Gasteiger partial charge in [-0.1, -0.05) is 98.9 Å². The monoisotopic (exact) mass is 608 g/mol. The van der Waals surface area contributed by atoms with Crippen LogP contribution in [0.3, 0.4) is 0 Å². The summed E-state index contributed by atoms with van der Waals surface area (Å²) in [6.45, 7) is 11.4. The number of aliphatic hydroxyl groups is 1. The minimum absolute atomic E-state index is 0.00233. The van der Waals surface area contributed by atoms with Crippen LogP contribution in [0.1, 0.15) is 76.0 Å². The highest BCUT2D eigenvalue weighted by molar-refractivity contribution is 6.76. The molecule has 2 N–H and O–H groups in total. The van der Waals surface area contributed by atoms with Crippen molar-refractivity contribution in [1.82, 2.24) is 4.90 Å². The number of hydrogen-bond acceptors (Lipinski definition) is 5. The summed E-state index contributed by atoms with van der Waals surface area (Å²) in [5.41, 5.74) is 3.96. The summed E-state index contributed by atoms with van der Waals surface area (Å²) < 4.78 is 11.3. The number of alkyl halides is 3. The van der Waals surface area contributed by atoms with E-state index in [4.69, 9.17) is 44.3 Å². The molecule has 2 unspecified atom stereocenters. The van der Waals surface area contributed by atoms with Crippen LogP contribution in [0.2, 0.25) is 0 Å². The van der Waals surface area contributed by atoms with Gasteiger partial charge in [0.2, 0.25) is 0 Å². The number of carbonyl (C=O) groups excluding carboxylic acids is 1.